The molecular weight excluding hydrogens is 297 g/mol. The van der Waals surface area contributed by atoms with Gasteiger partial charge in [0, 0.05) is 17.8 Å². The molecule has 1 fully saturated rings. The van der Waals surface area contributed by atoms with Crippen molar-refractivity contribution in [2.75, 3.05) is 6.54 Å². The first-order valence-electron chi connectivity index (χ1n) is 7.61. The van der Waals surface area contributed by atoms with Gasteiger partial charge in [0.2, 0.25) is 0 Å². The first-order chi connectivity index (χ1) is 9.90. The van der Waals surface area contributed by atoms with Gasteiger partial charge in [-0.1, -0.05) is 6.92 Å². The van der Waals surface area contributed by atoms with Crippen LogP contribution in [0.5, 0.6) is 0 Å². The van der Waals surface area contributed by atoms with Gasteiger partial charge in [-0.05, 0) is 45.1 Å². The van der Waals surface area contributed by atoms with Gasteiger partial charge in [-0.3, -0.25) is 0 Å². The summed E-state index contributed by atoms with van der Waals surface area (Å²) in [6, 6.07) is 0.241. The standard InChI is InChI=1S/C15H23F3N2S/c1-3-19-14(8-13-9-21-10(2)20-13)11-4-6-12(7-5-11)15(16,17)18/h9,11-12,14,19H,3-8H2,1-2H3. The Labute approximate surface area is 128 Å². The van der Waals surface area contributed by atoms with Crippen LogP contribution in [0.2, 0.25) is 0 Å². The molecule has 0 saturated heterocycles. The summed E-state index contributed by atoms with van der Waals surface area (Å²) in [7, 11) is 0. The van der Waals surface area contributed by atoms with E-state index in [2.05, 4.69) is 15.7 Å². The fraction of sp³-hybridized carbons (Fsp3) is 0.800. The third-order valence-electron chi connectivity index (χ3n) is 4.37. The second kappa shape index (κ2) is 7.09. The smallest absolute Gasteiger partial charge is 0.314 e. The van der Waals surface area contributed by atoms with Gasteiger partial charge in [0.15, 0.2) is 0 Å². The second-order valence-corrected chi connectivity index (χ2v) is 6.94. The largest absolute Gasteiger partial charge is 0.391 e. The monoisotopic (exact) mass is 320 g/mol. The maximum absolute atomic E-state index is 12.7. The van der Waals surface area contributed by atoms with Crippen LogP contribution in [0.25, 0.3) is 0 Å². The van der Waals surface area contributed by atoms with E-state index < -0.39 is 12.1 Å². The van der Waals surface area contributed by atoms with E-state index >= 15 is 0 Å². The van der Waals surface area contributed by atoms with E-state index in [9.17, 15) is 13.2 Å². The number of thiazole rings is 1. The number of hydrogen-bond donors (Lipinski definition) is 1. The van der Waals surface area contributed by atoms with Crippen LogP contribution >= 0.6 is 11.3 Å². The summed E-state index contributed by atoms with van der Waals surface area (Å²) in [5.74, 6) is -0.775. The Hall–Kier alpha value is -0.620. The quantitative estimate of drug-likeness (QED) is 0.873. The number of alkyl halides is 3. The summed E-state index contributed by atoms with van der Waals surface area (Å²) < 4.78 is 38.2. The first-order valence-corrected chi connectivity index (χ1v) is 8.49. The molecular formula is C15H23F3N2S. The van der Waals surface area contributed by atoms with Gasteiger partial charge < -0.3 is 5.32 Å². The minimum Gasteiger partial charge on any atom is -0.314 e. The lowest BCUT2D eigenvalue weighted by Gasteiger charge is -2.34. The molecule has 1 aromatic heterocycles. The van der Waals surface area contributed by atoms with E-state index in [1.165, 1.54) is 0 Å². The maximum Gasteiger partial charge on any atom is 0.391 e. The Balaban J connectivity index is 1.93. The zero-order valence-electron chi connectivity index (χ0n) is 12.5. The van der Waals surface area contributed by atoms with Crippen molar-refractivity contribution in [2.24, 2.45) is 11.8 Å². The highest BCUT2D eigenvalue weighted by molar-refractivity contribution is 7.09. The SMILES string of the molecule is CCNC(Cc1csc(C)n1)C1CCC(C(F)(F)F)CC1. The number of likely N-dealkylation sites (N-methyl/N-ethyl adjacent to an activating group) is 1. The van der Waals surface area contributed by atoms with Gasteiger partial charge >= 0.3 is 6.18 Å². The number of nitrogens with zero attached hydrogens (tertiary/aromatic N) is 1. The number of aryl methyl sites for hydroxylation is 1. The van der Waals surface area contributed by atoms with Crippen LogP contribution in [0.15, 0.2) is 5.38 Å². The normalized spacial score (nSPS) is 25.0. The van der Waals surface area contributed by atoms with Crippen LogP contribution in [-0.2, 0) is 6.42 Å². The fourth-order valence-corrected chi connectivity index (χ4v) is 3.87. The molecule has 0 amide bonds. The molecule has 21 heavy (non-hydrogen) atoms. The molecule has 1 N–H and O–H groups in total. The van der Waals surface area contributed by atoms with Gasteiger partial charge in [-0.2, -0.15) is 13.2 Å². The van der Waals surface area contributed by atoms with E-state index in [-0.39, 0.29) is 18.9 Å². The average Bonchev–Trinajstić information content (AvgIpc) is 2.83. The minimum absolute atomic E-state index is 0.241. The lowest BCUT2D eigenvalue weighted by molar-refractivity contribution is -0.184. The Bertz CT molecular complexity index is 436. The molecule has 0 spiro atoms. The van der Waals surface area contributed by atoms with Crippen molar-refractivity contribution >= 4 is 11.3 Å². The van der Waals surface area contributed by atoms with Crippen LogP contribution < -0.4 is 5.32 Å². The molecule has 120 valence electrons. The first kappa shape index (κ1) is 16.7. The summed E-state index contributed by atoms with van der Waals surface area (Å²) in [5.41, 5.74) is 1.06. The minimum atomic E-state index is -4.02. The summed E-state index contributed by atoms with van der Waals surface area (Å²) in [6.45, 7) is 4.86. The van der Waals surface area contributed by atoms with Crippen molar-refractivity contribution in [1.29, 1.82) is 0 Å². The lowest BCUT2D eigenvalue weighted by atomic mass is 9.77. The number of hydrogen-bond acceptors (Lipinski definition) is 3. The van der Waals surface area contributed by atoms with Crippen LogP contribution in [0.3, 0.4) is 0 Å². The third kappa shape index (κ3) is 4.68. The van der Waals surface area contributed by atoms with Gasteiger partial charge in [0.25, 0.3) is 0 Å². The Morgan fingerprint density at radius 1 is 1.33 bits per heavy atom. The van der Waals surface area contributed by atoms with E-state index in [0.29, 0.717) is 18.8 Å². The molecule has 1 aromatic rings. The number of aromatic nitrogens is 1. The van der Waals surface area contributed by atoms with Crippen LogP contribution in [0.1, 0.15) is 43.3 Å². The molecule has 1 aliphatic carbocycles. The highest BCUT2D eigenvalue weighted by atomic mass is 32.1. The molecule has 1 aliphatic rings. The Morgan fingerprint density at radius 3 is 2.48 bits per heavy atom. The van der Waals surface area contributed by atoms with Crippen LogP contribution in [-0.4, -0.2) is 23.7 Å². The maximum atomic E-state index is 12.7. The molecule has 0 aliphatic heterocycles. The Kier molecular flexibility index (Phi) is 5.66. The summed E-state index contributed by atoms with van der Waals surface area (Å²) in [4.78, 5) is 4.48. The van der Waals surface area contributed by atoms with Gasteiger partial charge in [-0.25, -0.2) is 4.98 Å². The van der Waals surface area contributed by atoms with Crippen molar-refractivity contribution in [3.63, 3.8) is 0 Å². The van der Waals surface area contributed by atoms with Crippen molar-refractivity contribution in [3.8, 4) is 0 Å². The van der Waals surface area contributed by atoms with Gasteiger partial charge in [-0.15, -0.1) is 11.3 Å². The number of nitrogens with one attached hydrogen (secondary N) is 1. The summed E-state index contributed by atoms with van der Waals surface area (Å²) >= 11 is 1.63. The van der Waals surface area contributed by atoms with E-state index in [4.69, 9.17) is 0 Å². The molecule has 0 aromatic carbocycles. The summed E-state index contributed by atoms with van der Waals surface area (Å²) in [5, 5.41) is 6.55. The molecule has 0 bridgehead atoms. The zero-order chi connectivity index (χ0) is 15.5. The number of rotatable bonds is 5. The molecule has 0 radical (unpaired) electrons. The van der Waals surface area contributed by atoms with Crippen LogP contribution in [0, 0.1) is 18.8 Å². The molecule has 6 heteroatoms. The highest BCUT2D eigenvalue weighted by Gasteiger charge is 2.42. The molecule has 2 nitrogen and oxygen atoms in total. The van der Waals surface area contributed by atoms with E-state index in [1.54, 1.807) is 11.3 Å². The lowest BCUT2D eigenvalue weighted by Crippen LogP contribution is -2.41. The topological polar surface area (TPSA) is 24.9 Å². The molecule has 1 saturated carbocycles. The molecule has 1 unspecified atom stereocenters. The molecule has 2 rings (SSSR count). The van der Waals surface area contributed by atoms with Crippen molar-refractivity contribution in [2.45, 2.75) is 58.2 Å². The van der Waals surface area contributed by atoms with Gasteiger partial charge in [0.1, 0.15) is 0 Å². The van der Waals surface area contributed by atoms with E-state index in [1.807, 2.05) is 13.8 Å². The van der Waals surface area contributed by atoms with Crippen molar-refractivity contribution in [3.05, 3.63) is 16.1 Å². The third-order valence-corrected chi connectivity index (χ3v) is 5.19. The average molecular weight is 320 g/mol. The molecule has 1 atom stereocenters. The number of halogens is 3. The predicted molar refractivity (Wildman–Crippen MR) is 79.5 cm³/mol. The predicted octanol–water partition coefficient (Wildman–Crippen LogP) is 4.34. The van der Waals surface area contributed by atoms with E-state index in [0.717, 1.165) is 23.7 Å². The second-order valence-electron chi connectivity index (χ2n) is 5.88. The zero-order valence-corrected chi connectivity index (χ0v) is 13.4. The van der Waals surface area contributed by atoms with Gasteiger partial charge in [0.05, 0.1) is 16.6 Å². The Morgan fingerprint density at radius 2 is 2.00 bits per heavy atom. The highest BCUT2D eigenvalue weighted by Crippen LogP contribution is 2.40. The molecule has 1 heterocycles. The van der Waals surface area contributed by atoms with Crippen LogP contribution in [0.4, 0.5) is 13.2 Å². The van der Waals surface area contributed by atoms with Crippen molar-refractivity contribution in [1.82, 2.24) is 10.3 Å². The summed E-state index contributed by atoms with van der Waals surface area (Å²) in [6.07, 6.45) is -1.35. The van der Waals surface area contributed by atoms with Crippen molar-refractivity contribution < 1.29 is 13.2 Å². The fourth-order valence-electron chi connectivity index (χ4n) is 3.24.